The molecule has 1 N–H and O–H groups in total. The molecule has 86 valence electrons. The van der Waals surface area contributed by atoms with Crippen molar-refractivity contribution in [1.29, 1.82) is 0 Å². The van der Waals surface area contributed by atoms with Gasteiger partial charge in [-0.25, -0.2) is 9.37 Å². The van der Waals surface area contributed by atoms with Crippen molar-refractivity contribution in [3.05, 3.63) is 42.5 Å². The van der Waals surface area contributed by atoms with Gasteiger partial charge in [0.1, 0.15) is 11.6 Å². The fourth-order valence-corrected chi connectivity index (χ4v) is 1.35. The van der Waals surface area contributed by atoms with Crippen LogP contribution < -0.4 is 5.32 Å². The highest BCUT2D eigenvalue weighted by atomic mass is 19.1. The highest BCUT2D eigenvalue weighted by molar-refractivity contribution is 5.87. The topological polar surface area (TPSA) is 54.9 Å². The molecular weight excluding hydrogens is 221 g/mol. The Labute approximate surface area is 97.5 Å². The number of amides is 1. The van der Waals surface area contributed by atoms with Gasteiger partial charge in [-0.15, -0.1) is 0 Å². The second kappa shape index (κ2) is 4.69. The zero-order valence-electron chi connectivity index (χ0n) is 9.14. The summed E-state index contributed by atoms with van der Waals surface area (Å²) in [6, 6.07) is 6.34. The summed E-state index contributed by atoms with van der Waals surface area (Å²) in [6.07, 6.45) is 2.72. The normalized spacial score (nSPS) is 10.0. The van der Waals surface area contributed by atoms with E-state index in [4.69, 9.17) is 0 Å². The molecule has 0 aliphatic carbocycles. The number of hydrogen-bond acceptors (Lipinski definition) is 3. The zero-order valence-corrected chi connectivity index (χ0v) is 9.14. The number of anilines is 1. The summed E-state index contributed by atoms with van der Waals surface area (Å²) in [4.78, 5) is 18.8. The van der Waals surface area contributed by atoms with Crippen LogP contribution >= 0.6 is 0 Å². The quantitative estimate of drug-likeness (QED) is 0.862. The fourth-order valence-electron chi connectivity index (χ4n) is 1.35. The monoisotopic (exact) mass is 231 g/mol. The average molecular weight is 231 g/mol. The molecule has 0 saturated carbocycles. The lowest BCUT2D eigenvalue weighted by atomic mass is 10.2. The van der Waals surface area contributed by atoms with E-state index in [1.54, 1.807) is 24.4 Å². The number of carbonyl (C=O) groups excluding carboxylic acids is 1. The minimum Gasteiger partial charge on any atom is -0.311 e. The van der Waals surface area contributed by atoms with E-state index < -0.39 is 0 Å². The van der Waals surface area contributed by atoms with E-state index in [0.29, 0.717) is 11.5 Å². The van der Waals surface area contributed by atoms with Crippen LogP contribution in [-0.2, 0) is 4.79 Å². The van der Waals surface area contributed by atoms with Gasteiger partial charge in [-0.3, -0.25) is 9.78 Å². The van der Waals surface area contributed by atoms with Gasteiger partial charge >= 0.3 is 0 Å². The Balaban J connectivity index is 2.23. The third kappa shape index (κ3) is 2.84. The standard InChI is InChI=1S/C12H10FN3O/c1-8(17)16-12-5-2-9(6-15-12)11-4-3-10(13)7-14-11/h2-7H,1H3,(H,15,16,17). The predicted octanol–water partition coefficient (Wildman–Crippen LogP) is 2.24. The number of halogens is 1. The SMILES string of the molecule is CC(=O)Nc1ccc(-c2ccc(F)cn2)cn1. The van der Waals surface area contributed by atoms with Gasteiger partial charge < -0.3 is 5.32 Å². The summed E-state index contributed by atoms with van der Waals surface area (Å²) in [5.74, 6) is -0.0786. The van der Waals surface area contributed by atoms with Crippen molar-refractivity contribution in [2.24, 2.45) is 0 Å². The highest BCUT2D eigenvalue weighted by Crippen LogP contribution is 2.17. The van der Waals surface area contributed by atoms with Gasteiger partial charge in [0.05, 0.1) is 11.9 Å². The van der Waals surface area contributed by atoms with Crippen LogP contribution in [0.1, 0.15) is 6.92 Å². The Kier molecular flexibility index (Phi) is 3.09. The Hall–Kier alpha value is -2.30. The van der Waals surface area contributed by atoms with Crippen LogP contribution in [0.3, 0.4) is 0 Å². The minimum absolute atomic E-state index is 0.176. The van der Waals surface area contributed by atoms with E-state index in [2.05, 4.69) is 15.3 Å². The van der Waals surface area contributed by atoms with Crippen molar-refractivity contribution < 1.29 is 9.18 Å². The smallest absolute Gasteiger partial charge is 0.222 e. The fraction of sp³-hybridized carbons (Fsp3) is 0.0833. The van der Waals surface area contributed by atoms with Gasteiger partial charge in [-0.1, -0.05) is 0 Å². The van der Waals surface area contributed by atoms with E-state index in [1.807, 2.05) is 0 Å². The number of rotatable bonds is 2. The maximum absolute atomic E-state index is 12.7. The lowest BCUT2D eigenvalue weighted by Crippen LogP contribution is -2.06. The molecule has 2 heterocycles. The predicted molar refractivity (Wildman–Crippen MR) is 61.7 cm³/mol. The molecule has 0 aromatic carbocycles. The van der Waals surface area contributed by atoms with Crippen LogP contribution in [0, 0.1) is 5.82 Å². The second-order valence-corrected chi connectivity index (χ2v) is 3.47. The summed E-state index contributed by atoms with van der Waals surface area (Å²) in [5, 5.41) is 2.56. The number of pyridine rings is 2. The van der Waals surface area contributed by atoms with Gasteiger partial charge in [0, 0.05) is 18.7 Å². The van der Waals surface area contributed by atoms with Crippen molar-refractivity contribution in [3.8, 4) is 11.3 Å². The van der Waals surface area contributed by atoms with Gasteiger partial charge in [0.2, 0.25) is 5.91 Å². The molecule has 0 radical (unpaired) electrons. The van der Waals surface area contributed by atoms with E-state index in [9.17, 15) is 9.18 Å². The van der Waals surface area contributed by atoms with Gasteiger partial charge in [0.25, 0.3) is 0 Å². The summed E-state index contributed by atoms with van der Waals surface area (Å²) >= 11 is 0. The molecule has 0 bridgehead atoms. The molecule has 0 spiro atoms. The molecule has 0 fully saturated rings. The maximum atomic E-state index is 12.7. The molecule has 0 unspecified atom stereocenters. The molecule has 2 rings (SSSR count). The first kappa shape index (κ1) is 11.2. The molecule has 0 aliphatic rings. The Bertz CT molecular complexity index is 522. The lowest BCUT2D eigenvalue weighted by Gasteiger charge is -2.03. The van der Waals surface area contributed by atoms with E-state index >= 15 is 0 Å². The van der Waals surface area contributed by atoms with Crippen LogP contribution in [-0.4, -0.2) is 15.9 Å². The highest BCUT2D eigenvalue weighted by Gasteiger charge is 2.01. The Morgan fingerprint density at radius 3 is 2.53 bits per heavy atom. The number of aromatic nitrogens is 2. The second-order valence-electron chi connectivity index (χ2n) is 3.47. The van der Waals surface area contributed by atoms with Crippen molar-refractivity contribution in [1.82, 2.24) is 9.97 Å². The number of nitrogens with one attached hydrogen (secondary N) is 1. The van der Waals surface area contributed by atoms with Crippen molar-refractivity contribution in [3.63, 3.8) is 0 Å². The summed E-state index contributed by atoms with van der Waals surface area (Å²) < 4.78 is 12.7. The first-order chi connectivity index (χ1) is 8.15. The van der Waals surface area contributed by atoms with Gasteiger partial charge in [-0.05, 0) is 24.3 Å². The van der Waals surface area contributed by atoms with E-state index in [1.165, 1.54) is 13.0 Å². The molecule has 4 nitrogen and oxygen atoms in total. The van der Waals surface area contributed by atoms with E-state index in [0.717, 1.165) is 11.8 Å². The zero-order chi connectivity index (χ0) is 12.3. The molecular formula is C12H10FN3O. The first-order valence-corrected chi connectivity index (χ1v) is 5.01. The maximum Gasteiger partial charge on any atom is 0.222 e. The van der Waals surface area contributed by atoms with Crippen molar-refractivity contribution in [2.75, 3.05) is 5.32 Å². The van der Waals surface area contributed by atoms with Crippen LogP contribution in [0.5, 0.6) is 0 Å². The lowest BCUT2D eigenvalue weighted by molar-refractivity contribution is -0.114. The van der Waals surface area contributed by atoms with E-state index in [-0.39, 0.29) is 11.7 Å². The van der Waals surface area contributed by atoms with Crippen LogP contribution in [0.2, 0.25) is 0 Å². The third-order valence-electron chi connectivity index (χ3n) is 2.09. The molecule has 5 heteroatoms. The summed E-state index contributed by atoms with van der Waals surface area (Å²) in [6.45, 7) is 1.41. The molecule has 0 aliphatic heterocycles. The van der Waals surface area contributed by atoms with Gasteiger partial charge in [0.15, 0.2) is 0 Å². The number of carbonyl (C=O) groups is 1. The molecule has 0 saturated heterocycles. The van der Waals surface area contributed by atoms with Crippen LogP contribution in [0.15, 0.2) is 36.7 Å². The largest absolute Gasteiger partial charge is 0.311 e. The first-order valence-electron chi connectivity index (χ1n) is 5.01. The Morgan fingerprint density at radius 1 is 1.18 bits per heavy atom. The van der Waals surface area contributed by atoms with Crippen LogP contribution in [0.4, 0.5) is 10.2 Å². The Morgan fingerprint density at radius 2 is 2.00 bits per heavy atom. The number of nitrogens with zero attached hydrogens (tertiary/aromatic N) is 2. The summed E-state index contributed by atoms with van der Waals surface area (Å²) in [7, 11) is 0. The van der Waals surface area contributed by atoms with Crippen LogP contribution in [0.25, 0.3) is 11.3 Å². The average Bonchev–Trinajstić information content (AvgIpc) is 2.30. The molecule has 2 aromatic rings. The third-order valence-corrected chi connectivity index (χ3v) is 2.09. The molecule has 0 atom stereocenters. The summed E-state index contributed by atoms with van der Waals surface area (Å²) in [5.41, 5.74) is 1.40. The van der Waals surface area contributed by atoms with Crippen molar-refractivity contribution >= 4 is 11.7 Å². The van der Waals surface area contributed by atoms with Crippen molar-refractivity contribution in [2.45, 2.75) is 6.92 Å². The molecule has 2 aromatic heterocycles. The molecule has 1 amide bonds. The molecule has 17 heavy (non-hydrogen) atoms. The minimum atomic E-state index is -0.378. The van der Waals surface area contributed by atoms with Gasteiger partial charge in [-0.2, -0.15) is 0 Å². The number of hydrogen-bond donors (Lipinski definition) is 1.